The van der Waals surface area contributed by atoms with Gasteiger partial charge in [0.15, 0.2) is 5.06 Å². The number of ether oxygens (including phenoxy) is 1. The van der Waals surface area contributed by atoms with Gasteiger partial charge < -0.3 is 14.9 Å². The van der Waals surface area contributed by atoms with E-state index in [1.807, 2.05) is 24.3 Å². The highest BCUT2D eigenvalue weighted by atomic mass is 35.5. The van der Waals surface area contributed by atoms with E-state index in [4.69, 9.17) is 16.7 Å². The number of carboxylic acid groups (broad SMARTS) is 1. The zero-order valence-corrected chi connectivity index (χ0v) is 16.1. The molecule has 0 unspecified atom stereocenters. The van der Waals surface area contributed by atoms with Crippen molar-refractivity contribution in [2.24, 2.45) is 11.8 Å². The third kappa shape index (κ3) is 5.46. The first-order valence-electron chi connectivity index (χ1n) is 8.77. The molecule has 0 aliphatic heterocycles. The molecule has 2 aromatic rings. The van der Waals surface area contributed by atoms with Gasteiger partial charge in [0.05, 0.1) is 12.0 Å². The molecule has 2 N–H and O–H groups in total. The number of pyridine rings is 1. The van der Waals surface area contributed by atoms with Crippen molar-refractivity contribution in [3.05, 3.63) is 47.1 Å². The second-order valence-electron chi connectivity index (χ2n) is 6.47. The van der Waals surface area contributed by atoms with Gasteiger partial charge in [0, 0.05) is 16.5 Å². The number of alkyl halides is 1. The number of aryl methyl sites for hydroxylation is 1. The lowest BCUT2D eigenvalue weighted by Crippen LogP contribution is -2.19. The quantitative estimate of drug-likeness (QED) is 0.443. The number of aromatic nitrogens is 1. The van der Waals surface area contributed by atoms with E-state index in [9.17, 15) is 9.90 Å². The average Bonchev–Trinajstić information content (AvgIpc) is 3.18. The van der Waals surface area contributed by atoms with Gasteiger partial charge in [-0.25, -0.2) is 9.78 Å². The number of aliphatic hydroxyl groups excluding tert-OH is 1. The van der Waals surface area contributed by atoms with Crippen molar-refractivity contribution < 1.29 is 19.7 Å². The number of nitrogens with zero attached hydrogens (tertiary/aromatic N) is 1. The zero-order chi connectivity index (χ0) is 19.2. The molecule has 3 rings (SSSR count). The van der Waals surface area contributed by atoms with Crippen LogP contribution in [0.4, 0.5) is 4.79 Å². The molecule has 0 aromatic carbocycles. The molecule has 1 aliphatic rings. The molecule has 0 amide bonds. The number of rotatable bonds is 5. The lowest BCUT2D eigenvalue weighted by molar-refractivity contribution is 0.144. The maximum atomic E-state index is 10.6. The number of halogens is 1. The first kappa shape index (κ1) is 19.7. The van der Waals surface area contributed by atoms with Gasteiger partial charge in [0.1, 0.15) is 5.69 Å². The van der Waals surface area contributed by atoms with E-state index in [0.29, 0.717) is 17.2 Å². The minimum Gasteiger partial charge on any atom is -0.449 e. The predicted octanol–water partition coefficient (Wildman–Crippen LogP) is 4.18. The standard InChI is InChI=1S/C20H20ClNO4S/c21-17-12-18(23)16(9-7-13-4-1-2-11-22-13)15(17)6-3-5-14-8-10-19(27-14)26-20(24)25/h1-2,4,8,10-11,15-18,23H,3,5-6,12H2,(H,24,25)/t15-,16-,17-,18-/m1/s1. The van der Waals surface area contributed by atoms with Crippen LogP contribution in [0.3, 0.4) is 0 Å². The van der Waals surface area contributed by atoms with Crippen molar-refractivity contribution in [2.45, 2.75) is 37.2 Å². The molecular weight excluding hydrogens is 386 g/mol. The molecule has 27 heavy (non-hydrogen) atoms. The summed E-state index contributed by atoms with van der Waals surface area (Å²) in [5.74, 6) is 6.18. The molecule has 2 heterocycles. The molecule has 142 valence electrons. The molecule has 5 nitrogen and oxygen atoms in total. The van der Waals surface area contributed by atoms with Crippen LogP contribution in [0.5, 0.6) is 5.06 Å². The minimum atomic E-state index is -1.30. The van der Waals surface area contributed by atoms with Crippen LogP contribution in [0.15, 0.2) is 36.5 Å². The van der Waals surface area contributed by atoms with Crippen LogP contribution < -0.4 is 4.74 Å². The smallest absolute Gasteiger partial charge is 0.449 e. The molecule has 7 heteroatoms. The molecule has 1 aliphatic carbocycles. The summed E-state index contributed by atoms with van der Waals surface area (Å²) in [6, 6.07) is 9.11. The second-order valence-corrected chi connectivity index (χ2v) is 8.17. The SMILES string of the molecule is O=C(O)Oc1ccc(CCC[C@@H]2[C@@H](C#Cc3ccccn3)[C@H](O)C[C@H]2Cl)s1. The van der Waals surface area contributed by atoms with E-state index in [2.05, 4.69) is 21.6 Å². The number of thiophene rings is 1. The maximum Gasteiger partial charge on any atom is 0.512 e. The largest absolute Gasteiger partial charge is 0.512 e. The van der Waals surface area contributed by atoms with Crippen molar-refractivity contribution in [2.75, 3.05) is 0 Å². The molecule has 0 spiro atoms. The van der Waals surface area contributed by atoms with Gasteiger partial charge in [0.2, 0.25) is 0 Å². The van der Waals surface area contributed by atoms with Gasteiger partial charge in [-0.3, -0.25) is 0 Å². The van der Waals surface area contributed by atoms with Gasteiger partial charge >= 0.3 is 6.16 Å². The first-order chi connectivity index (χ1) is 13.0. The van der Waals surface area contributed by atoms with E-state index in [0.717, 1.165) is 24.1 Å². The third-order valence-electron chi connectivity index (χ3n) is 4.62. The van der Waals surface area contributed by atoms with Crippen LogP contribution >= 0.6 is 22.9 Å². The molecule has 2 aromatic heterocycles. The Kier molecular flexibility index (Phi) is 6.73. The Bertz CT molecular complexity index is 829. The lowest BCUT2D eigenvalue weighted by Gasteiger charge is -2.18. The summed E-state index contributed by atoms with van der Waals surface area (Å²) in [6.07, 6.45) is 2.96. The normalized spacial score (nSPS) is 24.2. The molecule has 1 fully saturated rings. The molecule has 0 bridgehead atoms. The van der Waals surface area contributed by atoms with Gasteiger partial charge in [-0.05, 0) is 61.8 Å². The van der Waals surface area contributed by atoms with Crippen LogP contribution in [0.1, 0.15) is 29.8 Å². The van der Waals surface area contributed by atoms with Crippen molar-refractivity contribution in [1.82, 2.24) is 4.98 Å². The maximum absolute atomic E-state index is 10.6. The summed E-state index contributed by atoms with van der Waals surface area (Å²) in [5.41, 5.74) is 0.686. The van der Waals surface area contributed by atoms with Crippen molar-refractivity contribution in [3.8, 4) is 16.9 Å². The van der Waals surface area contributed by atoms with E-state index < -0.39 is 12.3 Å². The van der Waals surface area contributed by atoms with Gasteiger partial charge in [0.25, 0.3) is 0 Å². The third-order valence-corrected chi connectivity index (χ3v) is 6.15. The highest BCUT2D eigenvalue weighted by molar-refractivity contribution is 7.13. The highest BCUT2D eigenvalue weighted by Crippen LogP contribution is 2.39. The number of hydrogen-bond acceptors (Lipinski definition) is 5. The lowest BCUT2D eigenvalue weighted by atomic mass is 9.90. The van der Waals surface area contributed by atoms with E-state index in [-0.39, 0.29) is 17.2 Å². The summed E-state index contributed by atoms with van der Waals surface area (Å²) < 4.78 is 4.65. The van der Waals surface area contributed by atoms with Gasteiger partial charge in [-0.15, -0.1) is 22.9 Å². The van der Waals surface area contributed by atoms with Crippen LogP contribution in [-0.4, -0.2) is 32.8 Å². The van der Waals surface area contributed by atoms with Crippen LogP contribution in [-0.2, 0) is 6.42 Å². The Labute approximate surface area is 167 Å². The Morgan fingerprint density at radius 1 is 1.37 bits per heavy atom. The second kappa shape index (κ2) is 9.23. The zero-order valence-electron chi connectivity index (χ0n) is 14.5. The summed E-state index contributed by atoms with van der Waals surface area (Å²) >= 11 is 7.80. The average molecular weight is 406 g/mol. The van der Waals surface area contributed by atoms with Gasteiger partial charge in [-0.1, -0.05) is 12.0 Å². The van der Waals surface area contributed by atoms with E-state index in [1.54, 1.807) is 12.3 Å². The van der Waals surface area contributed by atoms with Crippen molar-refractivity contribution in [3.63, 3.8) is 0 Å². The fourth-order valence-electron chi connectivity index (χ4n) is 3.37. The van der Waals surface area contributed by atoms with E-state index >= 15 is 0 Å². The fraction of sp³-hybridized carbons (Fsp3) is 0.400. The van der Waals surface area contributed by atoms with Crippen LogP contribution in [0.25, 0.3) is 0 Å². The Balaban J connectivity index is 1.58. The summed E-state index contributed by atoms with van der Waals surface area (Å²) in [7, 11) is 0. The van der Waals surface area contributed by atoms with Crippen molar-refractivity contribution >= 4 is 29.1 Å². The minimum absolute atomic E-state index is 0.0997. The number of aliphatic hydroxyl groups is 1. The fourth-order valence-corrected chi connectivity index (χ4v) is 4.72. The molecule has 1 saturated carbocycles. The monoisotopic (exact) mass is 405 g/mol. The Morgan fingerprint density at radius 2 is 2.22 bits per heavy atom. The molecule has 0 saturated heterocycles. The summed E-state index contributed by atoms with van der Waals surface area (Å²) in [5, 5.41) is 19.3. The predicted molar refractivity (Wildman–Crippen MR) is 104 cm³/mol. The molecular formula is C20H20ClNO4S. The van der Waals surface area contributed by atoms with Crippen LogP contribution in [0.2, 0.25) is 0 Å². The van der Waals surface area contributed by atoms with Gasteiger partial charge in [-0.2, -0.15) is 0 Å². The molecule has 4 atom stereocenters. The van der Waals surface area contributed by atoms with Crippen LogP contribution in [0, 0.1) is 23.7 Å². The van der Waals surface area contributed by atoms with E-state index in [1.165, 1.54) is 11.3 Å². The first-order valence-corrected chi connectivity index (χ1v) is 10.0. The highest BCUT2D eigenvalue weighted by Gasteiger charge is 2.40. The molecule has 0 radical (unpaired) electrons. The number of carbonyl (C=O) groups is 1. The topological polar surface area (TPSA) is 79.7 Å². The summed E-state index contributed by atoms with van der Waals surface area (Å²) in [6.45, 7) is 0. The Hall–Kier alpha value is -2.07. The Morgan fingerprint density at radius 3 is 2.96 bits per heavy atom. The number of hydrogen-bond donors (Lipinski definition) is 2. The summed E-state index contributed by atoms with van der Waals surface area (Å²) in [4.78, 5) is 15.8. The van der Waals surface area contributed by atoms with Crippen molar-refractivity contribution in [1.29, 1.82) is 0 Å².